The second kappa shape index (κ2) is 5.36. The van der Waals surface area contributed by atoms with E-state index in [2.05, 4.69) is 17.7 Å². The number of aryl methyl sites for hydroxylation is 1. The van der Waals surface area contributed by atoms with Gasteiger partial charge in [-0.15, -0.1) is 0 Å². The average molecular weight is 207 g/mol. The van der Waals surface area contributed by atoms with Gasteiger partial charge in [0.2, 0.25) is 0 Å². The first kappa shape index (κ1) is 11.5. The minimum Gasteiger partial charge on any atom is -0.384 e. The van der Waals surface area contributed by atoms with Crippen LogP contribution in [-0.4, -0.2) is 12.5 Å². The Hall–Kier alpha value is -1.55. The number of hydrogen-bond acceptors (Lipinski definition) is 3. The molecule has 0 aliphatic carbocycles. The Balaban J connectivity index is 2.97. The molecule has 82 valence electrons. The summed E-state index contributed by atoms with van der Waals surface area (Å²) in [5.41, 5.74) is 4.60. The molecule has 0 unspecified atom stereocenters. The van der Waals surface area contributed by atoms with Gasteiger partial charge in [-0.2, -0.15) is 0 Å². The van der Waals surface area contributed by atoms with Gasteiger partial charge in [0.25, 0.3) is 5.91 Å². The average Bonchev–Trinajstić information content (AvgIpc) is 2.26. The third-order valence-corrected chi connectivity index (χ3v) is 2.12. The molecule has 1 aromatic carbocycles. The van der Waals surface area contributed by atoms with Gasteiger partial charge in [-0.1, -0.05) is 18.6 Å². The number of nitrogens with two attached hydrogens (primary N) is 1. The van der Waals surface area contributed by atoms with Gasteiger partial charge in [-0.05, 0) is 25.5 Å². The van der Waals surface area contributed by atoms with E-state index in [-0.39, 0.29) is 5.91 Å². The normalized spacial score (nSPS) is 9.80. The highest BCUT2D eigenvalue weighted by Crippen LogP contribution is 2.17. The zero-order chi connectivity index (χ0) is 11.3. The highest BCUT2D eigenvalue weighted by Gasteiger charge is 2.09. The topological polar surface area (TPSA) is 67.2 Å². The Labute approximate surface area is 89.8 Å². The number of hydrogen-bond donors (Lipinski definition) is 3. The van der Waals surface area contributed by atoms with Crippen LogP contribution in [0.3, 0.4) is 0 Å². The molecule has 1 aromatic rings. The van der Waals surface area contributed by atoms with E-state index in [1.165, 1.54) is 0 Å². The predicted molar refractivity (Wildman–Crippen MR) is 61.6 cm³/mol. The fraction of sp³-hybridized carbons (Fsp3) is 0.364. The number of nitrogens with one attached hydrogen (secondary N) is 2. The molecule has 0 aliphatic rings. The van der Waals surface area contributed by atoms with Crippen LogP contribution in [0.25, 0.3) is 0 Å². The van der Waals surface area contributed by atoms with Crippen LogP contribution in [0.5, 0.6) is 0 Å². The van der Waals surface area contributed by atoms with Crippen LogP contribution in [0.4, 0.5) is 5.69 Å². The van der Waals surface area contributed by atoms with Gasteiger partial charge in [0, 0.05) is 12.2 Å². The van der Waals surface area contributed by atoms with Crippen molar-refractivity contribution in [2.45, 2.75) is 20.3 Å². The number of carbonyl (C=O) groups is 1. The van der Waals surface area contributed by atoms with Crippen molar-refractivity contribution in [1.82, 2.24) is 5.43 Å². The third kappa shape index (κ3) is 2.95. The third-order valence-electron chi connectivity index (χ3n) is 2.12. The molecule has 1 rings (SSSR count). The summed E-state index contributed by atoms with van der Waals surface area (Å²) < 4.78 is 0. The van der Waals surface area contributed by atoms with E-state index in [4.69, 9.17) is 5.84 Å². The lowest BCUT2D eigenvalue weighted by Crippen LogP contribution is -2.30. The molecule has 0 fully saturated rings. The highest BCUT2D eigenvalue weighted by molar-refractivity contribution is 5.99. The van der Waals surface area contributed by atoms with Crippen molar-refractivity contribution in [3.05, 3.63) is 29.3 Å². The quantitative estimate of drug-likeness (QED) is 0.397. The minimum atomic E-state index is -0.266. The molecular weight excluding hydrogens is 190 g/mol. The molecule has 4 N–H and O–H groups in total. The highest BCUT2D eigenvalue weighted by atomic mass is 16.2. The van der Waals surface area contributed by atoms with Gasteiger partial charge in [-0.25, -0.2) is 5.84 Å². The Kier molecular flexibility index (Phi) is 4.12. The molecule has 1 amide bonds. The van der Waals surface area contributed by atoms with Gasteiger partial charge in [0.1, 0.15) is 0 Å². The van der Waals surface area contributed by atoms with E-state index in [1.807, 2.05) is 25.1 Å². The van der Waals surface area contributed by atoms with E-state index in [1.54, 1.807) is 0 Å². The van der Waals surface area contributed by atoms with E-state index >= 15 is 0 Å². The largest absolute Gasteiger partial charge is 0.384 e. The lowest BCUT2D eigenvalue weighted by molar-refractivity contribution is 0.0954. The first-order valence-corrected chi connectivity index (χ1v) is 5.04. The Bertz CT molecular complexity index is 350. The van der Waals surface area contributed by atoms with Crippen LogP contribution >= 0.6 is 0 Å². The number of amides is 1. The fourth-order valence-corrected chi connectivity index (χ4v) is 1.34. The summed E-state index contributed by atoms with van der Waals surface area (Å²) in [6.07, 6.45) is 1.01. The molecule has 0 saturated carbocycles. The maximum Gasteiger partial charge on any atom is 0.267 e. The van der Waals surface area contributed by atoms with Crippen molar-refractivity contribution < 1.29 is 4.79 Å². The van der Waals surface area contributed by atoms with Crippen molar-refractivity contribution in [3.8, 4) is 0 Å². The molecule has 0 radical (unpaired) electrons. The summed E-state index contributed by atoms with van der Waals surface area (Å²) in [4.78, 5) is 11.5. The summed E-state index contributed by atoms with van der Waals surface area (Å²) in [5, 5.41) is 3.19. The van der Waals surface area contributed by atoms with Crippen LogP contribution in [0.2, 0.25) is 0 Å². The maximum atomic E-state index is 11.5. The summed E-state index contributed by atoms with van der Waals surface area (Å²) in [6, 6.07) is 5.68. The monoisotopic (exact) mass is 207 g/mol. The SMILES string of the molecule is CCCNc1ccc(C)cc1C(=O)NN. The van der Waals surface area contributed by atoms with Gasteiger partial charge in [-0.3, -0.25) is 10.2 Å². The number of rotatable bonds is 4. The van der Waals surface area contributed by atoms with E-state index in [0.717, 1.165) is 24.2 Å². The maximum absolute atomic E-state index is 11.5. The minimum absolute atomic E-state index is 0.266. The Morgan fingerprint density at radius 2 is 2.20 bits per heavy atom. The molecule has 0 atom stereocenters. The molecule has 4 heteroatoms. The van der Waals surface area contributed by atoms with Crippen LogP contribution in [0, 0.1) is 6.92 Å². The zero-order valence-corrected chi connectivity index (χ0v) is 9.13. The van der Waals surface area contributed by atoms with Crippen molar-refractivity contribution in [2.75, 3.05) is 11.9 Å². The Morgan fingerprint density at radius 3 is 2.80 bits per heavy atom. The summed E-state index contributed by atoms with van der Waals surface area (Å²) in [7, 11) is 0. The Morgan fingerprint density at radius 1 is 1.47 bits per heavy atom. The number of anilines is 1. The molecule has 0 heterocycles. The van der Waals surface area contributed by atoms with Crippen LogP contribution in [0.15, 0.2) is 18.2 Å². The van der Waals surface area contributed by atoms with Crippen molar-refractivity contribution in [3.63, 3.8) is 0 Å². The van der Waals surface area contributed by atoms with E-state index in [0.29, 0.717) is 5.56 Å². The van der Waals surface area contributed by atoms with Crippen LogP contribution in [-0.2, 0) is 0 Å². The first-order chi connectivity index (χ1) is 7.19. The number of nitrogen functional groups attached to an aromatic ring is 1. The van der Waals surface area contributed by atoms with Gasteiger partial charge >= 0.3 is 0 Å². The summed E-state index contributed by atoms with van der Waals surface area (Å²) in [5.74, 6) is 4.86. The summed E-state index contributed by atoms with van der Waals surface area (Å²) >= 11 is 0. The van der Waals surface area contributed by atoms with Gasteiger partial charge < -0.3 is 5.32 Å². The molecular formula is C11H17N3O. The molecule has 0 aliphatic heterocycles. The van der Waals surface area contributed by atoms with Crippen LogP contribution in [0.1, 0.15) is 29.3 Å². The van der Waals surface area contributed by atoms with E-state index in [9.17, 15) is 4.79 Å². The molecule has 0 spiro atoms. The molecule has 0 bridgehead atoms. The lowest BCUT2D eigenvalue weighted by atomic mass is 10.1. The molecule has 0 saturated heterocycles. The van der Waals surface area contributed by atoms with Crippen LogP contribution < -0.4 is 16.6 Å². The van der Waals surface area contributed by atoms with E-state index < -0.39 is 0 Å². The second-order valence-corrected chi connectivity index (χ2v) is 3.45. The number of hydrazine groups is 1. The fourth-order valence-electron chi connectivity index (χ4n) is 1.34. The number of carbonyl (C=O) groups excluding carboxylic acids is 1. The molecule has 0 aromatic heterocycles. The zero-order valence-electron chi connectivity index (χ0n) is 9.13. The predicted octanol–water partition coefficient (Wildman–Crippen LogP) is 1.42. The van der Waals surface area contributed by atoms with Crippen molar-refractivity contribution in [1.29, 1.82) is 0 Å². The van der Waals surface area contributed by atoms with Crippen molar-refractivity contribution in [2.24, 2.45) is 5.84 Å². The van der Waals surface area contributed by atoms with Crippen molar-refractivity contribution >= 4 is 11.6 Å². The first-order valence-electron chi connectivity index (χ1n) is 5.04. The smallest absolute Gasteiger partial charge is 0.267 e. The number of benzene rings is 1. The standard InChI is InChI=1S/C11H17N3O/c1-3-6-13-10-5-4-8(2)7-9(10)11(15)14-12/h4-5,7,13H,3,6,12H2,1-2H3,(H,14,15). The summed E-state index contributed by atoms with van der Waals surface area (Å²) in [6.45, 7) is 4.86. The second-order valence-electron chi connectivity index (χ2n) is 3.45. The molecule has 15 heavy (non-hydrogen) atoms. The van der Waals surface area contributed by atoms with Gasteiger partial charge in [0.05, 0.1) is 5.56 Å². The lowest BCUT2D eigenvalue weighted by Gasteiger charge is -2.10. The van der Waals surface area contributed by atoms with Gasteiger partial charge in [0.15, 0.2) is 0 Å². The molecule has 4 nitrogen and oxygen atoms in total.